The third kappa shape index (κ3) is 2.97. The van der Waals surface area contributed by atoms with E-state index in [-0.39, 0.29) is 17.6 Å². The van der Waals surface area contributed by atoms with Crippen LogP contribution >= 0.6 is 11.3 Å². The SMILES string of the molecule is CC(C)Cc1cc(C(=O)N2CCC2c2cccs2)nc(=O)[nH]1. The number of hydrogen-bond acceptors (Lipinski definition) is 4. The lowest BCUT2D eigenvalue weighted by atomic mass is 10.0. The average molecular weight is 317 g/mol. The summed E-state index contributed by atoms with van der Waals surface area (Å²) in [6.45, 7) is 4.86. The van der Waals surface area contributed by atoms with Gasteiger partial charge in [0.15, 0.2) is 0 Å². The van der Waals surface area contributed by atoms with Crippen molar-refractivity contribution in [3.63, 3.8) is 0 Å². The van der Waals surface area contributed by atoms with E-state index in [1.54, 1.807) is 22.3 Å². The van der Waals surface area contributed by atoms with Gasteiger partial charge in [-0.1, -0.05) is 19.9 Å². The summed E-state index contributed by atoms with van der Waals surface area (Å²) in [6.07, 6.45) is 1.70. The van der Waals surface area contributed by atoms with Crippen molar-refractivity contribution < 1.29 is 4.79 Å². The number of H-pyrrole nitrogens is 1. The number of carbonyl (C=O) groups excluding carboxylic acids is 1. The molecular formula is C16H19N3O2S. The zero-order chi connectivity index (χ0) is 15.7. The molecule has 5 nitrogen and oxygen atoms in total. The van der Waals surface area contributed by atoms with Crippen LogP contribution in [0.2, 0.25) is 0 Å². The number of amides is 1. The van der Waals surface area contributed by atoms with Gasteiger partial charge in [-0.15, -0.1) is 11.3 Å². The van der Waals surface area contributed by atoms with Gasteiger partial charge in [0.25, 0.3) is 5.91 Å². The lowest BCUT2D eigenvalue weighted by Gasteiger charge is -2.40. The van der Waals surface area contributed by atoms with Crippen LogP contribution < -0.4 is 5.69 Å². The summed E-state index contributed by atoms with van der Waals surface area (Å²) in [6, 6.07) is 5.88. The van der Waals surface area contributed by atoms with Crippen LogP contribution in [0, 0.1) is 5.92 Å². The number of nitrogens with one attached hydrogen (secondary N) is 1. The van der Waals surface area contributed by atoms with E-state index in [4.69, 9.17) is 0 Å². The highest BCUT2D eigenvalue weighted by Gasteiger charge is 2.35. The van der Waals surface area contributed by atoms with Crippen LogP contribution in [0.1, 0.15) is 47.4 Å². The Kier molecular flexibility index (Phi) is 4.11. The minimum Gasteiger partial charge on any atom is -0.329 e. The Morgan fingerprint density at radius 1 is 1.55 bits per heavy atom. The fourth-order valence-corrected chi connectivity index (χ4v) is 3.60. The monoisotopic (exact) mass is 317 g/mol. The van der Waals surface area contributed by atoms with Gasteiger partial charge in [-0.25, -0.2) is 4.79 Å². The molecule has 1 amide bonds. The second-order valence-corrected chi connectivity index (χ2v) is 6.99. The van der Waals surface area contributed by atoms with Crippen LogP contribution in [0.25, 0.3) is 0 Å². The van der Waals surface area contributed by atoms with Crippen LogP contribution in [0.4, 0.5) is 0 Å². The normalized spacial score (nSPS) is 17.6. The van der Waals surface area contributed by atoms with Crippen LogP contribution in [0.15, 0.2) is 28.4 Å². The Morgan fingerprint density at radius 3 is 2.95 bits per heavy atom. The molecule has 0 aromatic carbocycles. The molecule has 1 atom stereocenters. The van der Waals surface area contributed by atoms with Crippen molar-refractivity contribution in [3.8, 4) is 0 Å². The van der Waals surface area contributed by atoms with Gasteiger partial charge in [-0.3, -0.25) is 4.79 Å². The Labute approximate surface area is 133 Å². The predicted molar refractivity (Wildman–Crippen MR) is 86.1 cm³/mol. The van der Waals surface area contributed by atoms with Crippen molar-refractivity contribution in [2.75, 3.05) is 6.54 Å². The van der Waals surface area contributed by atoms with E-state index in [2.05, 4.69) is 23.8 Å². The molecule has 22 heavy (non-hydrogen) atoms. The maximum absolute atomic E-state index is 12.6. The zero-order valence-corrected chi connectivity index (χ0v) is 13.5. The highest BCUT2D eigenvalue weighted by molar-refractivity contribution is 7.10. The van der Waals surface area contributed by atoms with Crippen LogP contribution in [-0.2, 0) is 6.42 Å². The highest BCUT2D eigenvalue weighted by Crippen LogP contribution is 2.36. The number of hydrogen-bond donors (Lipinski definition) is 1. The molecule has 0 saturated carbocycles. The second-order valence-electron chi connectivity index (χ2n) is 6.01. The van der Waals surface area contributed by atoms with Gasteiger partial charge in [-0.05, 0) is 36.3 Å². The fraction of sp³-hybridized carbons (Fsp3) is 0.438. The number of aromatic nitrogens is 2. The number of nitrogens with zero attached hydrogens (tertiary/aromatic N) is 2. The number of thiophene rings is 1. The maximum Gasteiger partial charge on any atom is 0.345 e. The predicted octanol–water partition coefficient (Wildman–Crippen LogP) is 2.62. The Balaban J connectivity index is 1.83. The molecule has 3 heterocycles. The molecule has 2 aromatic heterocycles. The van der Waals surface area contributed by atoms with Crippen molar-refractivity contribution in [3.05, 3.63) is 50.3 Å². The van der Waals surface area contributed by atoms with Crippen molar-refractivity contribution in [2.45, 2.75) is 32.7 Å². The van der Waals surface area contributed by atoms with Crippen LogP contribution in [0.3, 0.4) is 0 Å². The van der Waals surface area contributed by atoms with Gasteiger partial charge in [0.1, 0.15) is 5.69 Å². The molecule has 0 radical (unpaired) electrons. The molecule has 1 unspecified atom stereocenters. The van der Waals surface area contributed by atoms with E-state index in [0.29, 0.717) is 5.92 Å². The van der Waals surface area contributed by atoms with Gasteiger partial charge in [0, 0.05) is 17.1 Å². The Bertz CT molecular complexity index is 721. The Hall–Kier alpha value is -1.95. The first-order valence-electron chi connectivity index (χ1n) is 7.49. The molecule has 3 rings (SSSR count). The summed E-state index contributed by atoms with van der Waals surface area (Å²) in [7, 11) is 0. The first-order valence-corrected chi connectivity index (χ1v) is 8.37. The number of aromatic amines is 1. The first kappa shape index (κ1) is 15.0. The molecular weight excluding hydrogens is 298 g/mol. The van der Waals surface area contributed by atoms with E-state index >= 15 is 0 Å². The molecule has 1 saturated heterocycles. The summed E-state index contributed by atoms with van der Waals surface area (Å²) in [5, 5.41) is 2.02. The quantitative estimate of drug-likeness (QED) is 0.942. The minimum absolute atomic E-state index is 0.127. The topological polar surface area (TPSA) is 66.1 Å². The van der Waals surface area contributed by atoms with E-state index < -0.39 is 5.69 Å². The van der Waals surface area contributed by atoms with Crippen molar-refractivity contribution in [1.29, 1.82) is 0 Å². The smallest absolute Gasteiger partial charge is 0.329 e. The summed E-state index contributed by atoms with van der Waals surface area (Å²) < 4.78 is 0. The molecule has 0 bridgehead atoms. The summed E-state index contributed by atoms with van der Waals surface area (Å²) in [4.78, 5) is 33.9. The summed E-state index contributed by atoms with van der Waals surface area (Å²) in [5.41, 5.74) is 0.571. The van der Waals surface area contributed by atoms with Gasteiger partial charge in [-0.2, -0.15) is 4.98 Å². The van der Waals surface area contributed by atoms with Gasteiger partial charge >= 0.3 is 5.69 Å². The standard InChI is InChI=1S/C16H19N3O2S/c1-10(2)8-11-9-12(18-16(21)17-11)15(20)19-6-5-13(19)14-4-3-7-22-14/h3-4,7,9-10,13H,5-6,8H2,1-2H3,(H,17,18,21). The van der Waals surface area contributed by atoms with Crippen LogP contribution in [-0.4, -0.2) is 27.3 Å². The van der Waals surface area contributed by atoms with E-state index in [0.717, 1.165) is 25.1 Å². The highest BCUT2D eigenvalue weighted by atomic mass is 32.1. The molecule has 0 spiro atoms. The van der Waals surface area contributed by atoms with E-state index in [1.807, 2.05) is 17.5 Å². The van der Waals surface area contributed by atoms with E-state index in [9.17, 15) is 9.59 Å². The molecule has 1 aliphatic heterocycles. The lowest BCUT2D eigenvalue weighted by molar-refractivity contribution is 0.0461. The molecule has 116 valence electrons. The number of rotatable bonds is 4. The van der Waals surface area contributed by atoms with Gasteiger partial charge in [0.2, 0.25) is 0 Å². The molecule has 2 aromatic rings. The van der Waals surface area contributed by atoms with E-state index in [1.165, 1.54) is 4.88 Å². The summed E-state index contributed by atoms with van der Waals surface area (Å²) >= 11 is 1.66. The fourth-order valence-electron chi connectivity index (χ4n) is 2.72. The van der Waals surface area contributed by atoms with Crippen LogP contribution in [0.5, 0.6) is 0 Å². The molecule has 6 heteroatoms. The average Bonchev–Trinajstić information content (AvgIpc) is 2.89. The van der Waals surface area contributed by atoms with Crippen molar-refractivity contribution in [1.82, 2.24) is 14.9 Å². The first-order chi connectivity index (χ1) is 10.5. The van der Waals surface area contributed by atoms with Gasteiger partial charge < -0.3 is 9.88 Å². The van der Waals surface area contributed by atoms with Crippen molar-refractivity contribution in [2.24, 2.45) is 5.92 Å². The zero-order valence-electron chi connectivity index (χ0n) is 12.7. The number of likely N-dealkylation sites (tertiary alicyclic amines) is 1. The van der Waals surface area contributed by atoms with Gasteiger partial charge in [0.05, 0.1) is 6.04 Å². The number of carbonyl (C=O) groups is 1. The second kappa shape index (κ2) is 6.04. The lowest BCUT2D eigenvalue weighted by Crippen LogP contribution is -2.45. The third-order valence-electron chi connectivity index (χ3n) is 3.80. The molecule has 1 aliphatic rings. The summed E-state index contributed by atoms with van der Waals surface area (Å²) in [5.74, 6) is 0.254. The largest absolute Gasteiger partial charge is 0.345 e. The maximum atomic E-state index is 12.6. The minimum atomic E-state index is -0.449. The Morgan fingerprint density at radius 2 is 2.36 bits per heavy atom. The molecule has 0 aliphatic carbocycles. The van der Waals surface area contributed by atoms with Crippen molar-refractivity contribution >= 4 is 17.2 Å². The molecule has 1 N–H and O–H groups in total. The molecule has 1 fully saturated rings. The third-order valence-corrected chi connectivity index (χ3v) is 4.77.